The molecule has 0 aliphatic carbocycles. The number of hydrogen-bond donors (Lipinski definition) is 1. The molecule has 0 fully saturated rings. The van der Waals surface area contributed by atoms with Crippen molar-refractivity contribution >= 4 is 0 Å². The Kier molecular flexibility index (Phi) is 3.84. The van der Waals surface area contributed by atoms with E-state index in [0.717, 1.165) is 17.8 Å². The summed E-state index contributed by atoms with van der Waals surface area (Å²) in [5.41, 5.74) is 11.0. The number of benzene rings is 2. The molecule has 3 nitrogen and oxygen atoms in total. The molecule has 0 bridgehead atoms. The second-order valence-electron chi connectivity index (χ2n) is 5.32. The number of imidazole rings is 1. The fourth-order valence-electron chi connectivity index (χ4n) is 2.55. The van der Waals surface area contributed by atoms with Crippen LogP contribution in [0.5, 0.6) is 0 Å². The van der Waals surface area contributed by atoms with Crippen molar-refractivity contribution in [3.8, 4) is 5.69 Å². The third-order valence-electron chi connectivity index (χ3n) is 3.63. The summed E-state index contributed by atoms with van der Waals surface area (Å²) in [7, 11) is 0. The van der Waals surface area contributed by atoms with Crippen molar-refractivity contribution in [1.29, 1.82) is 0 Å². The number of nitrogens with two attached hydrogens (primary N) is 1. The van der Waals surface area contributed by atoms with E-state index in [1.807, 2.05) is 30.7 Å². The summed E-state index contributed by atoms with van der Waals surface area (Å²) in [4.78, 5) is 4.27. The molecule has 0 amide bonds. The van der Waals surface area contributed by atoms with Crippen LogP contribution in [0.15, 0.2) is 67.1 Å². The van der Waals surface area contributed by atoms with Crippen LogP contribution >= 0.6 is 0 Å². The van der Waals surface area contributed by atoms with E-state index < -0.39 is 0 Å². The maximum Gasteiger partial charge on any atom is 0.0994 e. The highest BCUT2D eigenvalue weighted by atomic mass is 15.1. The van der Waals surface area contributed by atoms with Crippen LogP contribution in [0.4, 0.5) is 0 Å². The lowest BCUT2D eigenvalue weighted by atomic mass is 10.0. The molecule has 0 spiro atoms. The minimum absolute atomic E-state index is 0.0737. The Balaban J connectivity index is 1.88. The van der Waals surface area contributed by atoms with Crippen LogP contribution in [-0.4, -0.2) is 9.55 Å². The van der Waals surface area contributed by atoms with Crippen LogP contribution in [0.1, 0.15) is 22.9 Å². The van der Waals surface area contributed by atoms with E-state index in [0.29, 0.717) is 0 Å². The maximum absolute atomic E-state index is 6.39. The fraction of sp³-hybridized carbons (Fsp3) is 0.167. The molecule has 0 saturated heterocycles. The van der Waals surface area contributed by atoms with E-state index in [1.54, 1.807) is 0 Å². The molecule has 21 heavy (non-hydrogen) atoms. The molecule has 2 aromatic carbocycles. The zero-order valence-corrected chi connectivity index (χ0v) is 12.1. The molecular weight excluding hydrogens is 258 g/mol. The molecule has 0 unspecified atom stereocenters. The molecule has 3 aromatic rings. The van der Waals surface area contributed by atoms with E-state index in [4.69, 9.17) is 5.73 Å². The zero-order valence-electron chi connectivity index (χ0n) is 12.1. The van der Waals surface area contributed by atoms with Crippen LogP contribution in [0, 0.1) is 6.92 Å². The number of aryl methyl sites for hydroxylation is 1. The first kappa shape index (κ1) is 13.6. The summed E-state index contributed by atoms with van der Waals surface area (Å²) >= 11 is 0. The van der Waals surface area contributed by atoms with Gasteiger partial charge in [0, 0.05) is 5.69 Å². The highest BCUT2D eigenvalue weighted by Crippen LogP contribution is 2.20. The minimum atomic E-state index is -0.0737. The first-order chi connectivity index (χ1) is 10.2. The molecule has 3 heteroatoms. The Labute approximate surface area is 125 Å². The maximum atomic E-state index is 6.39. The average Bonchev–Trinajstić information content (AvgIpc) is 2.98. The highest BCUT2D eigenvalue weighted by molar-refractivity contribution is 5.37. The van der Waals surface area contributed by atoms with Crippen molar-refractivity contribution in [2.75, 3.05) is 0 Å². The van der Waals surface area contributed by atoms with Crippen LogP contribution in [0.25, 0.3) is 5.69 Å². The van der Waals surface area contributed by atoms with Gasteiger partial charge in [0.25, 0.3) is 0 Å². The molecule has 0 aliphatic rings. The van der Waals surface area contributed by atoms with Crippen LogP contribution < -0.4 is 5.73 Å². The molecule has 3 rings (SSSR count). The molecule has 0 saturated carbocycles. The van der Waals surface area contributed by atoms with Gasteiger partial charge >= 0.3 is 0 Å². The number of nitrogens with zero attached hydrogens (tertiary/aromatic N) is 2. The van der Waals surface area contributed by atoms with Gasteiger partial charge in [-0.15, -0.1) is 0 Å². The number of rotatable bonds is 4. The van der Waals surface area contributed by atoms with Crippen molar-refractivity contribution in [3.63, 3.8) is 0 Å². The van der Waals surface area contributed by atoms with Crippen molar-refractivity contribution in [3.05, 3.63) is 83.9 Å². The minimum Gasteiger partial charge on any atom is -0.322 e. The SMILES string of the molecule is Cc1cccc(-n2cncc2[C@H](N)Cc2ccccc2)c1. The van der Waals surface area contributed by atoms with Gasteiger partial charge in [-0.25, -0.2) is 4.98 Å². The Bertz CT molecular complexity index is 716. The molecule has 0 radical (unpaired) electrons. The third kappa shape index (κ3) is 3.03. The molecule has 1 heterocycles. The van der Waals surface area contributed by atoms with Crippen LogP contribution in [0.2, 0.25) is 0 Å². The molecular formula is C18H19N3. The Morgan fingerprint density at radius 3 is 2.67 bits per heavy atom. The normalized spacial score (nSPS) is 12.3. The van der Waals surface area contributed by atoms with Gasteiger partial charge in [-0.2, -0.15) is 0 Å². The van der Waals surface area contributed by atoms with E-state index in [9.17, 15) is 0 Å². The smallest absolute Gasteiger partial charge is 0.0994 e. The van der Waals surface area contributed by atoms with E-state index in [2.05, 4.69) is 52.9 Å². The first-order valence-electron chi connectivity index (χ1n) is 7.13. The second-order valence-corrected chi connectivity index (χ2v) is 5.32. The largest absolute Gasteiger partial charge is 0.322 e. The van der Waals surface area contributed by atoms with Gasteiger partial charge in [0.15, 0.2) is 0 Å². The summed E-state index contributed by atoms with van der Waals surface area (Å²) in [6, 6.07) is 18.6. The van der Waals surface area contributed by atoms with Gasteiger partial charge < -0.3 is 10.3 Å². The highest BCUT2D eigenvalue weighted by Gasteiger charge is 2.13. The van der Waals surface area contributed by atoms with Gasteiger partial charge in [0.05, 0.1) is 24.3 Å². The zero-order chi connectivity index (χ0) is 14.7. The van der Waals surface area contributed by atoms with Gasteiger partial charge in [0.2, 0.25) is 0 Å². The van der Waals surface area contributed by atoms with Gasteiger partial charge in [0.1, 0.15) is 0 Å². The predicted molar refractivity (Wildman–Crippen MR) is 85.4 cm³/mol. The quantitative estimate of drug-likeness (QED) is 0.794. The van der Waals surface area contributed by atoms with Gasteiger partial charge in [-0.3, -0.25) is 0 Å². The van der Waals surface area contributed by atoms with E-state index >= 15 is 0 Å². The Hall–Kier alpha value is -2.39. The van der Waals surface area contributed by atoms with E-state index in [-0.39, 0.29) is 6.04 Å². The Morgan fingerprint density at radius 2 is 1.90 bits per heavy atom. The van der Waals surface area contributed by atoms with Crippen molar-refractivity contribution in [2.24, 2.45) is 5.73 Å². The molecule has 1 aromatic heterocycles. The summed E-state index contributed by atoms with van der Waals surface area (Å²) in [5.74, 6) is 0. The molecule has 1 atom stereocenters. The topological polar surface area (TPSA) is 43.8 Å². The monoisotopic (exact) mass is 277 g/mol. The summed E-state index contributed by atoms with van der Waals surface area (Å²) < 4.78 is 2.07. The number of hydrogen-bond acceptors (Lipinski definition) is 2. The predicted octanol–water partition coefficient (Wildman–Crippen LogP) is 3.42. The average molecular weight is 277 g/mol. The third-order valence-corrected chi connectivity index (χ3v) is 3.63. The van der Waals surface area contributed by atoms with Crippen molar-refractivity contribution in [2.45, 2.75) is 19.4 Å². The molecule has 0 aliphatic heterocycles. The Morgan fingerprint density at radius 1 is 1.10 bits per heavy atom. The lowest BCUT2D eigenvalue weighted by Crippen LogP contribution is -2.17. The fourth-order valence-corrected chi connectivity index (χ4v) is 2.55. The number of aromatic nitrogens is 2. The lowest BCUT2D eigenvalue weighted by molar-refractivity contribution is 0.678. The van der Waals surface area contributed by atoms with Crippen LogP contribution in [0.3, 0.4) is 0 Å². The summed E-state index contributed by atoms with van der Waals surface area (Å²) in [5, 5.41) is 0. The standard InChI is InChI=1S/C18H19N3/c1-14-6-5-9-16(10-14)21-13-20-12-18(21)17(19)11-15-7-3-2-4-8-15/h2-10,12-13,17H,11,19H2,1H3/t17-/m1/s1. The second kappa shape index (κ2) is 5.94. The summed E-state index contributed by atoms with van der Waals surface area (Å²) in [6.45, 7) is 2.09. The lowest BCUT2D eigenvalue weighted by Gasteiger charge is -2.15. The van der Waals surface area contributed by atoms with Crippen LogP contribution in [-0.2, 0) is 6.42 Å². The van der Waals surface area contributed by atoms with Gasteiger partial charge in [-0.1, -0.05) is 42.5 Å². The molecule has 2 N–H and O–H groups in total. The van der Waals surface area contributed by atoms with E-state index in [1.165, 1.54) is 11.1 Å². The summed E-state index contributed by atoms with van der Waals surface area (Å²) in [6.07, 6.45) is 4.49. The first-order valence-corrected chi connectivity index (χ1v) is 7.13. The molecule has 106 valence electrons. The van der Waals surface area contributed by atoms with Crippen molar-refractivity contribution < 1.29 is 0 Å². The van der Waals surface area contributed by atoms with Crippen molar-refractivity contribution in [1.82, 2.24) is 9.55 Å². The van der Waals surface area contributed by atoms with Gasteiger partial charge in [-0.05, 0) is 36.6 Å².